The first-order chi connectivity index (χ1) is 13.1. The van der Waals surface area contributed by atoms with Crippen molar-refractivity contribution >= 4 is 17.2 Å². The molecule has 4 rings (SSSR count). The minimum absolute atomic E-state index is 0.0609. The van der Waals surface area contributed by atoms with Crippen LogP contribution in [0.5, 0.6) is 0 Å². The molecule has 1 aliphatic rings. The number of halogens is 1. The van der Waals surface area contributed by atoms with E-state index in [2.05, 4.69) is 5.10 Å². The van der Waals surface area contributed by atoms with Crippen molar-refractivity contribution in [3.63, 3.8) is 0 Å². The summed E-state index contributed by atoms with van der Waals surface area (Å²) >= 11 is 1.56. The third-order valence-corrected chi connectivity index (χ3v) is 5.62. The van der Waals surface area contributed by atoms with Gasteiger partial charge in [-0.25, -0.2) is 9.07 Å². The molecule has 0 aliphatic carbocycles. The fourth-order valence-corrected chi connectivity index (χ4v) is 4.08. The highest BCUT2D eigenvalue weighted by Gasteiger charge is 2.28. The van der Waals surface area contributed by atoms with Crippen LogP contribution in [-0.2, 0) is 0 Å². The zero-order valence-electron chi connectivity index (χ0n) is 14.5. The van der Waals surface area contributed by atoms with Crippen molar-refractivity contribution in [2.45, 2.75) is 18.9 Å². The Morgan fingerprint density at radius 2 is 2.00 bits per heavy atom. The van der Waals surface area contributed by atoms with Crippen molar-refractivity contribution in [1.29, 1.82) is 0 Å². The monoisotopic (exact) mass is 383 g/mol. The van der Waals surface area contributed by atoms with Gasteiger partial charge in [0.1, 0.15) is 11.5 Å². The van der Waals surface area contributed by atoms with E-state index in [4.69, 9.17) is 0 Å². The minimum atomic E-state index is -0.528. The van der Waals surface area contributed by atoms with E-state index in [0.717, 1.165) is 23.4 Å². The first-order valence-electron chi connectivity index (χ1n) is 8.81. The number of benzene rings is 1. The first kappa shape index (κ1) is 17.6. The maximum absolute atomic E-state index is 14.0. The summed E-state index contributed by atoms with van der Waals surface area (Å²) in [7, 11) is 0. The highest BCUT2D eigenvalue weighted by Crippen LogP contribution is 2.25. The van der Waals surface area contributed by atoms with Gasteiger partial charge in [-0.3, -0.25) is 9.59 Å². The van der Waals surface area contributed by atoms with Gasteiger partial charge in [0.2, 0.25) is 0 Å². The van der Waals surface area contributed by atoms with Gasteiger partial charge in [0.25, 0.3) is 11.5 Å². The topological polar surface area (TPSA) is 55.2 Å². The quantitative estimate of drug-likeness (QED) is 0.695. The van der Waals surface area contributed by atoms with Crippen LogP contribution in [0.25, 0.3) is 10.6 Å². The number of thiophene rings is 1. The molecule has 1 saturated heterocycles. The Hall–Kier alpha value is -2.80. The average molecular weight is 383 g/mol. The van der Waals surface area contributed by atoms with Gasteiger partial charge in [0, 0.05) is 19.2 Å². The molecular weight excluding hydrogens is 365 g/mol. The van der Waals surface area contributed by atoms with Crippen molar-refractivity contribution in [1.82, 2.24) is 14.7 Å². The molecule has 27 heavy (non-hydrogen) atoms. The molecule has 0 bridgehead atoms. The number of carbonyl (C=O) groups is 1. The van der Waals surface area contributed by atoms with E-state index in [-0.39, 0.29) is 23.1 Å². The van der Waals surface area contributed by atoms with E-state index in [1.165, 1.54) is 22.9 Å². The van der Waals surface area contributed by atoms with Gasteiger partial charge in [0.05, 0.1) is 16.5 Å². The number of amides is 1. The second-order valence-electron chi connectivity index (χ2n) is 6.51. The fraction of sp³-hybridized carbons (Fsp3) is 0.250. The highest BCUT2D eigenvalue weighted by molar-refractivity contribution is 7.13. The average Bonchev–Trinajstić information content (AvgIpc) is 3.23. The minimum Gasteiger partial charge on any atom is -0.336 e. The van der Waals surface area contributed by atoms with Crippen LogP contribution < -0.4 is 5.56 Å². The van der Waals surface area contributed by atoms with Crippen LogP contribution >= 0.6 is 11.3 Å². The van der Waals surface area contributed by atoms with Crippen LogP contribution in [0.3, 0.4) is 0 Å². The molecule has 1 unspecified atom stereocenters. The van der Waals surface area contributed by atoms with E-state index < -0.39 is 5.82 Å². The van der Waals surface area contributed by atoms with Gasteiger partial charge in [0.15, 0.2) is 0 Å². The Labute approximate surface area is 159 Å². The third kappa shape index (κ3) is 3.55. The number of likely N-dealkylation sites (tertiary alicyclic amines) is 1. The smallest absolute Gasteiger partial charge is 0.267 e. The number of aromatic nitrogens is 2. The molecule has 0 spiro atoms. The van der Waals surface area contributed by atoms with Crippen LogP contribution in [0.1, 0.15) is 29.2 Å². The summed E-state index contributed by atoms with van der Waals surface area (Å²) in [6, 6.07) is 12.9. The van der Waals surface area contributed by atoms with Crippen molar-refractivity contribution in [2.24, 2.45) is 0 Å². The van der Waals surface area contributed by atoms with Gasteiger partial charge >= 0.3 is 0 Å². The Morgan fingerprint density at radius 1 is 1.15 bits per heavy atom. The molecule has 0 saturated carbocycles. The molecule has 1 amide bonds. The molecule has 0 radical (unpaired) electrons. The van der Waals surface area contributed by atoms with Crippen molar-refractivity contribution in [2.75, 3.05) is 13.1 Å². The Morgan fingerprint density at radius 3 is 2.78 bits per heavy atom. The van der Waals surface area contributed by atoms with Gasteiger partial charge in [-0.1, -0.05) is 18.2 Å². The maximum Gasteiger partial charge on any atom is 0.267 e. The fourth-order valence-electron chi connectivity index (χ4n) is 3.39. The molecular formula is C20H18FN3O2S. The van der Waals surface area contributed by atoms with Crippen LogP contribution in [0.4, 0.5) is 4.39 Å². The van der Waals surface area contributed by atoms with Gasteiger partial charge in [-0.05, 0) is 42.5 Å². The summed E-state index contributed by atoms with van der Waals surface area (Å²) in [6.07, 6.45) is 1.49. The molecule has 1 atom stereocenters. The summed E-state index contributed by atoms with van der Waals surface area (Å²) in [5, 5.41) is 6.49. The number of carbonyl (C=O) groups excluding carboxylic acids is 1. The molecule has 138 valence electrons. The largest absolute Gasteiger partial charge is 0.336 e. The number of hydrogen-bond donors (Lipinski definition) is 0. The summed E-state index contributed by atoms with van der Waals surface area (Å²) in [4.78, 5) is 27.7. The lowest BCUT2D eigenvalue weighted by molar-refractivity contribution is 0.0665. The van der Waals surface area contributed by atoms with E-state index in [1.54, 1.807) is 34.4 Å². The maximum atomic E-state index is 14.0. The number of hydrogen-bond acceptors (Lipinski definition) is 4. The number of piperidine rings is 1. The Kier molecular flexibility index (Phi) is 4.85. The van der Waals surface area contributed by atoms with E-state index in [9.17, 15) is 14.0 Å². The van der Waals surface area contributed by atoms with E-state index >= 15 is 0 Å². The van der Waals surface area contributed by atoms with Crippen molar-refractivity contribution in [3.05, 3.63) is 75.6 Å². The summed E-state index contributed by atoms with van der Waals surface area (Å²) in [5.74, 6) is -0.875. The highest BCUT2D eigenvalue weighted by atomic mass is 32.1. The molecule has 5 nitrogen and oxygen atoms in total. The Bertz CT molecular complexity index is 1020. The Balaban J connectivity index is 1.60. The van der Waals surface area contributed by atoms with Crippen molar-refractivity contribution < 1.29 is 9.18 Å². The van der Waals surface area contributed by atoms with Gasteiger partial charge in [-0.15, -0.1) is 11.3 Å². The molecule has 3 aromatic rings. The summed E-state index contributed by atoms with van der Waals surface area (Å²) in [6.45, 7) is 0.886. The predicted molar refractivity (Wildman–Crippen MR) is 102 cm³/mol. The lowest BCUT2D eigenvalue weighted by Gasteiger charge is -2.33. The summed E-state index contributed by atoms with van der Waals surface area (Å²) in [5.41, 5.74) is 0.605. The predicted octanol–water partition coefficient (Wildman–Crippen LogP) is 3.59. The molecule has 3 heterocycles. The second-order valence-corrected chi connectivity index (χ2v) is 7.45. The van der Waals surface area contributed by atoms with Crippen LogP contribution in [0.15, 0.2) is 58.7 Å². The molecule has 0 N–H and O–H groups in total. The molecule has 1 fully saturated rings. The number of nitrogens with zero attached hydrogens (tertiary/aromatic N) is 3. The lowest BCUT2D eigenvalue weighted by Crippen LogP contribution is -2.43. The third-order valence-electron chi connectivity index (χ3n) is 4.73. The van der Waals surface area contributed by atoms with Crippen molar-refractivity contribution in [3.8, 4) is 10.6 Å². The van der Waals surface area contributed by atoms with Gasteiger partial charge < -0.3 is 4.90 Å². The van der Waals surface area contributed by atoms with E-state index in [0.29, 0.717) is 13.1 Å². The van der Waals surface area contributed by atoms with Crippen LogP contribution in [0.2, 0.25) is 0 Å². The zero-order valence-corrected chi connectivity index (χ0v) is 15.4. The van der Waals surface area contributed by atoms with Crippen LogP contribution in [0, 0.1) is 5.82 Å². The van der Waals surface area contributed by atoms with E-state index in [1.807, 2.05) is 17.5 Å². The molecule has 7 heteroatoms. The first-order valence-corrected chi connectivity index (χ1v) is 9.69. The normalized spacial score (nSPS) is 17.1. The second kappa shape index (κ2) is 7.44. The molecule has 2 aromatic heterocycles. The zero-order chi connectivity index (χ0) is 18.8. The lowest BCUT2D eigenvalue weighted by atomic mass is 10.0. The standard InChI is InChI=1S/C20H18FN3O2S/c21-16-7-2-1-6-15(16)20(26)23-11-3-5-14(13-23)24-19(25)10-9-17(22-24)18-8-4-12-27-18/h1-2,4,6-10,12,14H,3,5,11,13H2. The van der Waals surface area contributed by atoms with Crippen LogP contribution in [-0.4, -0.2) is 33.7 Å². The molecule has 1 aromatic carbocycles. The summed E-state index contributed by atoms with van der Waals surface area (Å²) < 4.78 is 15.4. The number of rotatable bonds is 3. The SMILES string of the molecule is O=C(c1ccccc1F)N1CCCC(n2nc(-c3cccs3)ccc2=O)C1. The molecule has 1 aliphatic heterocycles. The van der Waals surface area contributed by atoms with Gasteiger partial charge in [-0.2, -0.15) is 5.10 Å².